The smallest absolute Gasteiger partial charge is 0.333 e. The summed E-state index contributed by atoms with van der Waals surface area (Å²) in [4.78, 5) is 11.4. The quantitative estimate of drug-likeness (QED) is 0.427. The first-order valence-corrected chi connectivity index (χ1v) is 8.17. The van der Waals surface area contributed by atoms with Gasteiger partial charge in [-0.1, -0.05) is 18.7 Å². The normalized spacial score (nSPS) is 37.5. The Labute approximate surface area is 127 Å². The maximum Gasteiger partial charge on any atom is 0.333 e. The predicted molar refractivity (Wildman–Crippen MR) is 81.6 cm³/mol. The van der Waals surface area contributed by atoms with Crippen LogP contribution < -0.4 is 0 Å². The lowest BCUT2D eigenvalue weighted by atomic mass is 9.76. The Kier molecular flexibility index (Phi) is 4.21. The minimum Gasteiger partial charge on any atom is -0.457 e. The van der Waals surface area contributed by atoms with E-state index < -0.39 is 0 Å². The molecule has 0 aromatic carbocycles. The van der Waals surface area contributed by atoms with Crippen LogP contribution in [0.2, 0.25) is 0 Å². The monoisotopic (exact) mass is 290 g/mol. The summed E-state index contributed by atoms with van der Waals surface area (Å²) in [5, 5.41) is 0. The van der Waals surface area contributed by atoms with Gasteiger partial charge in [0.15, 0.2) is 0 Å². The van der Waals surface area contributed by atoms with Crippen molar-refractivity contribution in [2.45, 2.75) is 39.2 Å². The predicted octanol–water partition coefficient (Wildman–Crippen LogP) is 3.36. The molecule has 0 amide bonds. The second kappa shape index (κ2) is 5.96. The van der Waals surface area contributed by atoms with E-state index in [0.717, 1.165) is 30.3 Å². The van der Waals surface area contributed by atoms with Crippen molar-refractivity contribution in [1.82, 2.24) is 0 Å². The van der Waals surface area contributed by atoms with Gasteiger partial charge in [-0.05, 0) is 62.7 Å². The Morgan fingerprint density at radius 3 is 2.95 bits per heavy atom. The molecular weight excluding hydrogens is 264 g/mol. The highest BCUT2D eigenvalue weighted by Crippen LogP contribution is 2.58. The van der Waals surface area contributed by atoms with Crippen molar-refractivity contribution in [3.05, 3.63) is 24.3 Å². The fourth-order valence-electron chi connectivity index (χ4n) is 4.59. The van der Waals surface area contributed by atoms with Crippen LogP contribution in [0, 0.1) is 29.6 Å². The molecule has 3 nitrogen and oxygen atoms in total. The van der Waals surface area contributed by atoms with Crippen LogP contribution in [0.25, 0.3) is 0 Å². The molecule has 3 rings (SSSR count). The summed E-state index contributed by atoms with van der Waals surface area (Å²) in [7, 11) is 0. The first kappa shape index (κ1) is 14.8. The van der Waals surface area contributed by atoms with Gasteiger partial charge in [-0.3, -0.25) is 0 Å². The number of esters is 1. The third-order valence-corrected chi connectivity index (χ3v) is 5.48. The van der Waals surface area contributed by atoms with E-state index in [9.17, 15) is 4.79 Å². The topological polar surface area (TPSA) is 35.5 Å². The highest BCUT2D eigenvalue weighted by molar-refractivity contribution is 5.87. The molecule has 2 fully saturated rings. The van der Waals surface area contributed by atoms with Crippen LogP contribution >= 0.6 is 0 Å². The number of ether oxygens (including phenoxy) is 2. The molecular formula is C18H26O3. The summed E-state index contributed by atoms with van der Waals surface area (Å²) in [5.41, 5.74) is 0.440. The minimum atomic E-state index is -0.328. The van der Waals surface area contributed by atoms with Gasteiger partial charge in [0.05, 0.1) is 6.61 Å². The number of allylic oxidation sites excluding steroid dienone is 2. The lowest BCUT2D eigenvalue weighted by Crippen LogP contribution is -2.29. The first-order chi connectivity index (χ1) is 10.1. The number of carbonyl (C=O) groups is 1. The van der Waals surface area contributed by atoms with Crippen molar-refractivity contribution in [2.24, 2.45) is 29.6 Å². The molecule has 21 heavy (non-hydrogen) atoms. The van der Waals surface area contributed by atoms with E-state index in [2.05, 4.69) is 18.7 Å². The maximum absolute atomic E-state index is 11.4. The molecule has 2 bridgehead atoms. The zero-order chi connectivity index (χ0) is 15.0. The highest BCUT2D eigenvalue weighted by Gasteiger charge is 2.52. The Hall–Kier alpha value is -1.09. The molecule has 0 heterocycles. The Morgan fingerprint density at radius 2 is 2.19 bits per heavy atom. The van der Waals surface area contributed by atoms with Gasteiger partial charge in [-0.25, -0.2) is 4.79 Å². The van der Waals surface area contributed by atoms with Crippen molar-refractivity contribution in [3.63, 3.8) is 0 Å². The van der Waals surface area contributed by atoms with Gasteiger partial charge in [-0.2, -0.15) is 0 Å². The molecule has 0 radical (unpaired) electrons. The van der Waals surface area contributed by atoms with Crippen LogP contribution in [0.3, 0.4) is 0 Å². The second-order valence-electron chi connectivity index (χ2n) is 7.09. The number of fused-ring (bicyclic) bond motifs is 5. The summed E-state index contributed by atoms with van der Waals surface area (Å²) in [6.45, 7) is 8.43. The molecule has 2 saturated carbocycles. The average Bonchev–Trinajstić information content (AvgIpc) is 3.10. The van der Waals surface area contributed by atoms with Gasteiger partial charge in [0, 0.05) is 12.2 Å². The van der Waals surface area contributed by atoms with Crippen LogP contribution in [0.5, 0.6) is 0 Å². The standard InChI is InChI=1S/C18H26O3/c1-11(2)18(19)21-12(3)9-20-10-14-7-13-8-17(14)16-6-4-5-15(13)16/h4-5,12-17H,1,6-10H2,2-3H3. The summed E-state index contributed by atoms with van der Waals surface area (Å²) in [6, 6.07) is 0. The maximum atomic E-state index is 11.4. The Bertz CT molecular complexity index is 453. The van der Waals surface area contributed by atoms with Crippen LogP contribution in [0.4, 0.5) is 0 Å². The molecule has 6 atom stereocenters. The van der Waals surface area contributed by atoms with Gasteiger partial charge in [-0.15, -0.1) is 0 Å². The molecule has 0 aromatic heterocycles. The van der Waals surface area contributed by atoms with Crippen LogP contribution in [0.1, 0.15) is 33.1 Å². The summed E-state index contributed by atoms with van der Waals surface area (Å²) in [5.74, 6) is 3.87. The van der Waals surface area contributed by atoms with E-state index in [1.165, 1.54) is 19.3 Å². The Morgan fingerprint density at radius 1 is 1.38 bits per heavy atom. The zero-order valence-electron chi connectivity index (χ0n) is 13.1. The number of hydrogen-bond donors (Lipinski definition) is 0. The van der Waals surface area contributed by atoms with Gasteiger partial charge in [0.1, 0.15) is 6.10 Å². The third kappa shape index (κ3) is 2.94. The number of rotatable bonds is 6. The third-order valence-electron chi connectivity index (χ3n) is 5.48. The first-order valence-electron chi connectivity index (χ1n) is 8.17. The molecule has 0 aliphatic heterocycles. The van der Waals surface area contributed by atoms with Gasteiger partial charge < -0.3 is 9.47 Å². The zero-order valence-corrected chi connectivity index (χ0v) is 13.1. The van der Waals surface area contributed by atoms with E-state index in [-0.39, 0.29) is 12.1 Å². The molecule has 116 valence electrons. The van der Waals surface area contributed by atoms with E-state index in [1.807, 2.05) is 6.92 Å². The molecule has 0 N–H and O–H groups in total. The van der Waals surface area contributed by atoms with Crippen LogP contribution in [-0.2, 0) is 14.3 Å². The minimum absolute atomic E-state index is 0.200. The van der Waals surface area contributed by atoms with E-state index in [0.29, 0.717) is 18.1 Å². The molecule has 3 aliphatic rings. The summed E-state index contributed by atoms with van der Waals surface area (Å²) < 4.78 is 11.1. The highest BCUT2D eigenvalue weighted by atomic mass is 16.6. The van der Waals surface area contributed by atoms with Crippen LogP contribution in [-0.4, -0.2) is 25.3 Å². The molecule has 6 unspecified atom stereocenters. The van der Waals surface area contributed by atoms with E-state index in [4.69, 9.17) is 9.47 Å². The molecule has 0 spiro atoms. The average molecular weight is 290 g/mol. The van der Waals surface area contributed by atoms with Gasteiger partial charge in [0.2, 0.25) is 0 Å². The van der Waals surface area contributed by atoms with E-state index >= 15 is 0 Å². The second-order valence-corrected chi connectivity index (χ2v) is 7.09. The van der Waals surface area contributed by atoms with Crippen molar-refractivity contribution in [1.29, 1.82) is 0 Å². The van der Waals surface area contributed by atoms with E-state index in [1.54, 1.807) is 6.92 Å². The van der Waals surface area contributed by atoms with Gasteiger partial charge in [0.25, 0.3) is 0 Å². The molecule has 0 saturated heterocycles. The SMILES string of the molecule is C=C(C)C(=O)OC(C)COCC1CC2CC1C1CC=CC21. The van der Waals surface area contributed by atoms with Gasteiger partial charge >= 0.3 is 5.97 Å². The number of hydrogen-bond acceptors (Lipinski definition) is 3. The van der Waals surface area contributed by atoms with Crippen molar-refractivity contribution in [2.75, 3.05) is 13.2 Å². The molecule has 3 aliphatic carbocycles. The fraction of sp³-hybridized carbons (Fsp3) is 0.722. The lowest BCUT2D eigenvalue weighted by Gasteiger charge is -2.31. The summed E-state index contributed by atoms with van der Waals surface area (Å²) >= 11 is 0. The van der Waals surface area contributed by atoms with Crippen molar-refractivity contribution in [3.8, 4) is 0 Å². The van der Waals surface area contributed by atoms with Crippen LogP contribution in [0.15, 0.2) is 24.3 Å². The fourth-order valence-corrected chi connectivity index (χ4v) is 4.59. The van der Waals surface area contributed by atoms with Crippen molar-refractivity contribution < 1.29 is 14.3 Å². The van der Waals surface area contributed by atoms with Crippen molar-refractivity contribution >= 4 is 5.97 Å². The molecule has 0 aromatic rings. The summed E-state index contributed by atoms with van der Waals surface area (Å²) in [6.07, 6.45) is 8.61. The largest absolute Gasteiger partial charge is 0.457 e. The number of carbonyl (C=O) groups excluding carboxylic acids is 1. The Balaban J connectivity index is 1.39. The lowest BCUT2D eigenvalue weighted by molar-refractivity contribution is -0.146. The molecule has 3 heteroatoms.